The van der Waals surface area contributed by atoms with Gasteiger partial charge in [-0.3, -0.25) is 0 Å². The summed E-state index contributed by atoms with van der Waals surface area (Å²) in [7, 11) is 0. The van der Waals surface area contributed by atoms with Gasteiger partial charge in [0.05, 0.1) is 5.70 Å². The first-order valence-electron chi connectivity index (χ1n) is 9.89. The fourth-order valence-corrected chi connectivity index (χ4v) is 5.50. The van der Waals surface area contributed by atoms with Gasteiger partial charge in [0.15, 0.2) is 6.10 Å². The second-order valence-electron chi connectivity index (χ2n) is 7.43. The second-order valence-corrected chi connectivity index (χ2v) is 9.62. The average Bonchev–Trinajstić information content (AvgIpc) is 3.48. The highest BCUT2D eigenvalue weighted by atomic mass is 35.5. The summed E-state index contributed by atoms with van der Waals surface area (Å²) in [4.78, 5) is 5.73. The molecular weight excluding hydrogens is 467 g/mol. The van der Waals surface area contributed by atoms with Crippen LogP contribution in [0.1, 0.15) is 28.1 Å². The molecule has 6 rings (SSSR count). The van der Waals surface area contributed by atoms with E-state index in [-0.39, 0.29) is 18.0 Å². The number of nitrogens with one attached hydrogen (secondary N) is 1. The lowest BCUT2D eigenvalue weighted by atomic mass is 9.86. The third kappa shape index (κ3) is 3.13. The van der Waals surface area contributed by atoms with Gasteiger partial charge in [-0.2, -0.15) is 4.98 Å². The van der Waals surface area contributed by atoms with Crippen molar-refractivity contribution in [2.75, 3.05) is 11.6 Å². The van der Waals surface area contributed by atoms with E-state index < -0.39 is 0 Å². The van der Waals surface area contributed by atoms with Crippen molar-refractivity contribution >= 4 is 46.3 Å². The number of anilines is 1. The molecule has 9 heteroatoms. The summed E-state index contributed by atoms with van der Waals surface area (Å²) in [5, 5.41) is 11.5. The van der Waals surface area contributed by atoms with Crippen molar-refractivity contribution in [3.8, 4) is 5.75 Å². The molecule has 1 N–H and O–H groups in total. The fraction of sp³-hybridized carbons (Fsp3) is 0.130. The number of thioether (sulfide) groups is 1. The van der Waals surface area contributed by atoms with Crippen LogP contribution in [0.25, 0.3) is 5.70 Å². The van der Waals surface area contributed by atoms with Crippen LogP contribution in [-0.4, -0.2) is 21.0 Å². The van der Waals surface area contributed by atoms with E-state index in [1.54, 1.807) is 23.5 Å². The molecule has 4 aromatic rings. The molecule has 5 nitrogen and oxygen atoms in total. The Labute approximate surface area is 196 Å². The van der Waals surface area contributed by atoms with E-state index in [4.69, 9.17) is 21.4 Å². The topological polar surface area (TPSA) is 52.0 Å². The first kappa shape index (κ1) is 19.8. The molecule has 4 heterocycles. The van der Waals surface area contributed by atoms with E-state index in [9.17, 15) is 4.39 Å². The summed E-state index contributed by atoms with van der Waals surface area (Å²) in [6.07, 6.45) is 1.60. The molecule has 2 aliphatic rings. The first-order chi connectivity index (χ1) is 15.6. The lowest BCUT2D eigenvalue weighted by Crippen LogP contribution is -2.32. The van der Waals surface area contributed by atoms with Gasteiger partial charge in [0.1, 0.15) is 17.6 Å². The van der Waals surface area contributed by atoms with E-state index in [1.165, 1.54) is 23.9 Å². The molecular formula is C23H16ClFN4OS2. The van der Waals surface area contributed by atoms with Crippen molar-refractivity contribution < 1.29 is 9.13 Å². The second kappa shape index (κ2) is 7.65. The molecule has 0 spiro atoms. The van der Waals surface area contributed by atoms with Crippen molar-refractivity contribution in [1.82, 2.24) is 14.8 Å². The number of rotatable bonds is 3. The van der Waals surface area contributed by atoms with E-state index in [0.29, 0.717) is 16.1 Å². The molecule has 160 valence electrons. The molecule has 32 heavy (non-hydrogen) atoms. The van der Waals surface area contributed by atoms with Crippen LogP contribution in [0.3, 0.4) is 0 Å². The van der Waals surface area contributed by atoms with Crippen LogP contribution in [0.4, 0.5) is 10.3 Å². The molecule has 0 bridgehead atoms. The van der Waals surface area contributed by atoms with Crippen molar-refractivity contribution in [3.05, 3.63) is 92.4 Å². The highest BCUT2D eigenvalue weighted by Crippen LogP contribution is 2.51. The zero-order chi connectivity index (χ0) is 21.8. The zero-order valence-electron chi connectivity index (χ0n) is 16.8. The number of aromatic nitrogens is 3. The molecule has 0 saturated carbocycles. The predicted octanol–water partition coefficient (Wildman–Crippen LogP) is 6.41. The maximum atomic E-state index is 13.8. The molecule has 0 fully saturated rings. The van der Waals surface area contributed by atoms with Gasteiger partial charge in [-0.25, -0.2) is 9.07 Å². The standard InChI is InChI=1S/C23H16ClFN4OS2/c1-31-23-27-22-26-19-15-11-13(24)6-9-16(15)30-21(17-3-2-10-32-17)18(19)20(29(22)28-23)12-4-7-14(25)8-5-12/h2-11,20-21H,1H3,(H,26,27,28). The largest absolute Gasteiger partial charge is 0.480 e. The molecule has 2 unspecified atom stereocenters. The number of benzene rings is 2. The van der Waals surface area contributed by atoms with E-state index in [0.717, 1.165) is 33.0 Å². The number of ether oxygens (including phenoxy) is 1. The molecule has 0 aliphatic carbocycles. The monoisotopic (exact) mass is 482 g/mol. The highest BCUT2D eigenvalue weighted by molar-refractivity contribution is 7.98. The van der Waals surface area contributed by atoms with Crippen LogP contribution in [0.15, 0.2) is 70.7 Å². The van der Waals surface area contributed by atoms with Crippen LogP contribution in [0.5, 0.6) is 5.75 Å². The minimum atomic E-state index is -0.337. The Morgan fingerprint density at radius 3 is 2.78 bits per heavy atom. The summed E-state index contributed by atoms with van der Waals surface area (Å²) in [6.45, 7) is 0. The summed E-state index contributed by atoms with van der Waals surface area (Å²) in [5.41, 5.74) is 3.65. The van der Waals surface area contributed by atoms with Crippen molar-refractivity contribution in [3.63, 3.8) is 0 Å². The van der Waals surface area contributed by atoms with Gasteiger partial charge in [-0.15, -0.1) is 16.4 Å². The lowest BCUT2D eigenvalue weighted by Gasteiger charge is -2.38. The molecule has 0 saturated heterocycles. The number of thiophene rings is 1. The Bertz CT molecular complexity index is 1350. The van der Waals surface area contributed by atoms with Crippen LogP contribution in [0, 0.1) is 5.82 Å². The molecule has 2 aromatic carbocycles. The number of fused-ring (bicyclic) bond motifs is 3. The van der Waals surface area contributed by atoms with Crippen molar-refractivity contribution in [2.24, 2.45) is 0 Å². The Balaban J connectivity index is 1.64. The van der Waals surface area contributed by atoms with E-state index in [1.807, 2.05) is 40.6 Å². The Kier molecular flexibility index (Phi) is 4.74. The van der Waals surface area contributed by atoms with Crippen LogP contribution in [0.2, 0.25) is 5.02 Å². The van der Waals surface area contributed by atoms with Gasteiger partial charge in [0, 0.05) is 21.0 Å². The molecule has 2 aliphatic heterocycles. The zero-order valence-corrected chi connectivity index (χ0v) is 19.1. The number of nitrogens with zero attached hydrogens (tertiary/aromatic N) is 3. The number of hydrogen-bond donors (Lipinski definition) is 1. The molecule has 0 radical (unpaired) electrons. The van der Waals surface area contributed by atoms with Crippen LogP contribution >= 0.6 is 34.7 Å². The van der Waals surface area contributed by atoms with Gasteiger partial charge in [-0.1, -0.05) is 41.6 Å². The number of hydrogen-bond acceptors (Lipinski definition) is 6. The third-order valence-electron chi connectivity index (χ3n) is 5.58. The summed E-state index contributed by atoms with van der Waals surface area (Å²) >= 11 is 9.46. The van der Waals surface area contributed by atoms with E-state index >= 15 is 0 Å². The van der Waals surface area contributed by atoms with Crippen LogP contribution < -0.4 is 10.1 Å². The van der Waals surface area contributed by atoms with E-state index in [2.05, 4.69) is 16.4 Å². The number of halogens is 2. The minimum Gasteiger partial charge on any atom is -0.480 e. The van der Waals surface area contributed by atoms with Gasteiger partial charge in [0.2, 0.25) is 11.1 Å². The maximum Gasteiger partial charge on any atom is 0.227 e. The van der Waals surface area contributed by atoms with Gasteiger partial charge in [-0.05, 0) is 53.6 Å². The Morgan fingerprint density at radius 1 is 1.19 bits per heavy atom. The van der Waals surface area contributed by atoms with Crippen molar-refractivity contribution in [1.29, 1.82) is 0 Å². The predicted molar refractivity (Wildman–Crippen MR) is 126 cm³/mol. The maximum absolute atomic E-state index is 13.8. The Hall–Kier alpha value is -2.81. The molecule has 0 amide bonds. The van der Waals surface area contributed by atoms with Gasteiger partial charge in [0.25, 0.3) is 0 Å². The Morgan fingerprint density at radius 2 is 2.03 bits per heavy atom. The highest BCUT2D eigenvalue weighted by Gasteiger charge is 2.41. The normalized spacial score (nSPS) is 19.0. The van der Waals surface area contributed by atoms with Crippen LogP contribution in [-0.2, 0) is 0 Å². The quantitative estimate of drug-likeness (QED) is 0.342. The first-order valence-corrected chi connectivity index (χ1v) is 12.4. The third-order valence-corrected chi connectivity index (χ3v) is 7.27. The van der Waals surface area contributed by atoms with Crippen molar-refractivity contribution in [2.45, 2.75) is 17.3 Å². The molecule has 2 aromatic heterocycles. The SMILES string of the molecule is CSc1nc2n(n1)C(c1ccc(F)cc1)C1=C(N2)c2cc(Cl)ccc2OC1c1cccs1. The average molecular weight is 483 g/mol. The minimum absolute atomic E-state index is 0.285. The lowest BCUT2D eigenvalue weighted by molar-refractivity contribution is 0.226. The van der Waals surface area contributed by atoms with Gasteiger partial charge >= 0.3 is 0 Å². The van der Waals surface area contributed by atoms with Gasteiger partial charge < -0.3 is 10.1 Å². The summed E-state index contributed by atoms with van der Waals surface area (Å²) in [5.74, 6) is 1.09. The summed E-state index contributed by atoms with van der Waals surface area (Å²) in [6, 6.07) is 15.9. The molecule has 2 atom stereocenters. The smallest absolute Gasteiger partial charge is 0.227 e. The summed E-state index contributed by atoms with van der Waals surface area (Å²) < 4.78 is 22.2. The fourth-order valence-electron chi connectivity index (χ4n) is 4.21.